The molecule has 0 spiro atoms. The molecule has 1 amide bonds. The van der Waals surface area contributed by atoms with Gasteiger partial charge in [-0.15, -0.1) is 0 Å². The van der Waals surface area contributed by atoms with Crippen molar-refractivity contribution in [3.05, 3.63) is 57.9 Å². The van der Waals surface area contributed by atoms with Gasteiger partial charge in [0.25, 0.3) is 5.91 Å². The van der Waals surface area contributed by atoms with Crippen LogP contribution in [0.4, 0.5) is 0 Å². The summed E-state index contributed by atoms with van der Waals surface area (Å²) in [5.41, 5.74) is 2.60. The number of hydrogen-bond donors (Lipinski definition) is 1. The Morgan fingerprint density at radius 3 is 1.91 bits per heavy atom. The Morgan fingerprint density at radius 2 is 1.41 bits per heavy atom. The van der Waals surface area contributed by atoms with Crippen molar-refractivity contribution in [3.8, 4) is 0 Å². The molecular weight excluding hydrogens is 440 g/mol. The Labute approximate surface area is 199 Å². The molecule has 2 rings (SSSR count). The standard InChI is InChI=1S/C25H32N2O7/c1-7-32-23(29)20-16(4)26-17(5)21(24(30)33-8-2)22(20)25(31)34-14-19(28)27(6)13-18-12-10-9-11-15(18)3/h9-12,22,26H,7-8,13-14H2,1-6H3. The van der Waals surface area contributed by atoms with Gasteiger partial charge in [-0.25, -0.2) is 9.59 Å². The Hall–Kier alpha value is -3.62. The molecule has 1 aromatic carbocycles. The SMILES string of the molecule is CCOC(=O)C1=C(C)NC(C)=C(C(=O)OCC)C1C(=O)OCC(=O)N(C)Cc1ccccc1C. The number of dihydropyridines is 1. The summed E-state index contributed by atoms with van der Waals surface area (Å²) in [6.45, 7) is 8.36. The van der Waals surface area contributed by atoms with Gasteiger partial charge in [0.15, 0.2) is 6.61 Å². The summed E-state index contributed by atoms with van der Waals surface area (Å²) >= 11 is 0. The fourth-order valence-electron chi connectivity index (χ4n) is 3.65. The minimum Gasteiger partial charge on any atom is -0.463 e. The molecule has 9 nitrogen and oxygen atoms in total. The van der Waals surface area contributed by atoms with Gasteiger partial charge < -0.3 is 24.4 Å². The summed E-state index contributed by atoms with van der Waals surface area (Å²) < 4.78 is 15.5. The van der Waals surface area contributed by atoms with Crippen LogP contribution in [-0.2, 0) is 39.9 Å². The predicted octanol–water partition coefficient (Wildman–Crippen LogP) is 2.39. The molecule has 0 aromatic heterocycles. The molecule has 0 unspecified atom stereocenters. The molecule has 9 heteroatoms. The second-order valence-corrected chi connectivity index (χ2v) is 7.86. The minimum absolute atomic E-state index is 0.0544. The largest absolute Gasteiger partial charge is 0.463 e. The smallest absolute Gasteiger partial charge is 0.337 e. The maximum absolute atomic E-state index is 13.2. The van der Waals surface area contributed by atoms with Gasteiger partial charge >= 0.3 is 17.9 Å². The maximum Gasteiger partial charge on any atom is 0.337 e. The number of likely N-dealkylation sites (N-methyl/N-ethyl adjacent to an activating group) is 1. The van der Waals surface area contributed by atoms with E-state index < -0.39 is 36.3 Å². The molecule has 0 bridgehead atoms. The van der Waals surface area contributed by atoms with Gasteiger partial charge in [-0.05, 0) is 45.7 Å². The van der Waals surface area contributed by atoms with Crippen molar-refractivity contribution >= 4 is 23.8 Å². The van der Waals surface area contributed by atoms with Crippen LogP contribution >= 0.6 is 0 Å². The lowest BCUT2D eigenvalue weighted by atomic mass is 9.85. The first-order chi connectivity index (χ1) is 16.1. The number of benzene rings is 1. The Morgan fingerprint density at radius 1 is 0.882 bits per heavy atom. The third-order valence-electron chi connectivity index (χ3n) is 5.42. The topological polar surface area (TPSA) is 111 Å². The minimum atomic E-state index is -1.38. The lowest BCUT2D eigenvalue weighted by Gasteiger charge is -2.28. The summed E-state index contributed by atoms with van der Waals surface area (Å²) in [5, 5.41) is 2.93. The first-order valence-electron chi connectivity index (χ1n) is 11.1. The zero-order chi connectivity index (χ0) is 25.4. The van der Waals surface area contributed by atoms with E-state index in [-0.39, 0.29) is 24.4 Å². The summed E-state index contributed by atoms with van der Waals surface area (Å²) in [6.07, 6.45) is 0. The van der Waals surface area contributed by atoms with E-state index in [9.17, 15) is 19.2 Å². The number of carbonyl (C=O) groups is 4. The lowest BCUT2D eigenvalue weighted by molar-refractivity contribution is -0.156. The number of rotatable bonds is 9. The number of carbonyl (C=O) groups excluding carboxylic acids is 4. The number of nitrogens with zero attached hydrogens (tertiary/aromatic N) is 1. The van der Waals surface area contributed by atoms with Crippen molar-refractivity contribution in [1.82, 2.24) is 10.2 Å². The Balaban J connectivity index is 2.24. The van der Waals surface area contributed by atoms with Crippen LogP contribution in [0, 0.1) is 12.8 Å². The molecule has 1 N–H and O–H groups in total. The van der Waals surface area contributed by atoms with Crippen LogP contribution in [0.3, 0.4) is 0 Å². The zero-order valence-electron chi connectivity index (χ0n) is 20.5. The molecule has 1 aromatic rings. The average Bonchev–Trinajstić information content (AvgIpc) is 2.78. The number of esters is 3. The van der Waals surface area contributed by atoms with Gasteiger partial charge in [0.05, 0.1) is 24.4 Å². The van der Waals surface area contributed by atoms with Gasteiger partial charge in [0.1, 0.15) is 5.92 Å². The number of ether oxygens (including phenoxy) is 3. The Bertz CT molecular complexity index is 986. The van der Waals surface area contributed by atoms with Gasteiger partial charge in [0.2, 0.25) is 0 Å². The average molecular weight is 473 g/mol. The molecular formula is C25H32N2O7. The van der Waals surface area contributed by atoms with Crippen molar-refractivity contribution in [1.29, 1.82) is 0 Å². The summed E-state index contributed by atoms with van der Waals surface area (Å²) in [5.74, 6) is -4.24. The number of amides is 1. The highest BCUT2D eigenvalue weighted by Gasteiger charge is 2.42. The van der Waals surface area contributed by atoms with Crippen LogP contribution in [0.25, 0.3) is 0 Å². The van der Waals surface area contributed by atoms with Crippen molar-refractivity contribution in [2.45, 2.75) is 41.2 Å². The van der Waals surface area contributed by atoms with Crippen LogP contribution in [0.5, 0.6) is 0 Å². The molecule has 0 fully saturated rings. The van der Waals surface area contributed by atoms with Crippen molar-refractivity contribution in [2.24, 2.45) is 5.92 Å². The highest BCUT2D eigenvalue weighted by Crippen LogP contribution is 2.32. The third-order valence-corrected chi connectivity index (χ3v) is 5.42. The molecule has 0 saturated carbocycles. The van der Waals surface area contributed by atoms with E-state index in [1.165, 1.54) is 4.90 Å². The van der Waals surface area contributed by atoms with E-state index in [0.29, 0.717) is 17.9 Å². The predicted molar refractivity (Wildman–Crippen MR) is 124 cm³/mol. The highest BCUT2D eigenvalue weighted by atomic mass is 16.5. The van der Waals surface area contributed by atoms with Crippen molar-refractivity contribution in [3.63, 3.8) is 0 Å². The summed E-state index contributed by atoms with van der Waals surface area (Å²) in [6, 6.07) is 7.66. The molecule has 1 heterocycles. The first-order valence-corrected chi connectivity index (χ1v) is 11.1. The van der Waals surface area contributed by atoms with E-state index >= 15 is 0 Å². The molecule has 1 aliphatic rings. The van der Waals surface area contributed by atoms with E-state index in [2.05, 4.69) is 5.32 Å². The molecule has 0 atom stereocenters. The summed E-state index contributed by atoms with van der Waals surface area (Å²) in [7, 11) is 1.61. The second kappa shape index (κ2) is 12.0. The van der Waals surface area contributed by atoms with E-state index in [4.69, 9.17) is 14.2 Å². The first kappa shape index (κ1) is 26.6. The zero-order valence-corrected chi connectivity index (χ0v) is 20.5. The van der Waals surface area contributed by atoms with Crippen molar-refractivity contribution in [2.75, 3.05) is 26.9 Å². The molecule has 34 heavy (non-hydrogen) atoms. The lowest BCUT2D eigenvalue weighted by Crippen LogP contribution is -2.39. The van der Waals surface area contributed by atoms with Crippen LogP contribution in [0.2, 0.25) is 0 Å². The fraction of sp³-hybridized carbons (Fsp3) is 0.440. The maximum atomic E-state index is 13.2. The van der Waals surface area contributed by atoms with Gasteiger partial charge in [-0.3, -0.25) is 9.59 Å². The van der Waals surface area contributed by atoms with E-state index in [1.54, 1.807) is 34.7 Å². The number of allylic oxidation sites excluding steroid dienone is 2. The fourth-order valence-corrected chi connectivity index (χ4v) is 3.65. The Kier molecular flexibility index (Phi) is 9.41. The third kappa shape index (κ3) is 6.24. The van der Waals surface area contributed by atoms with Crippen LogP contribution in [0.15, 0.2) is 46.8 Å². The normalized spacial score (nSPS) is 13.8. The second-order valence-electron chi connectivity index (χ2n) is 7.86. The van der Waals surface area contributed by atoms with Crippen LogP contribution < -0.4 is 5.32 Å². The molecule has 0 radical (unpaired) electrons. The van der Waals surface area contributed by atoms with Gasteiger partial charge in [-0.1, -0.05) is 24.3 Å². The summed E-state index contributed by atoms with van der Waals surface area (Å²) in [4.78, 5) is 52.6. The highest BCUT2D eigenvalue weighted by molar-refractivity contribution is 6.05. The monoisotopic (exact) mass is 472 g/mol. The van der Waals surface area contributed by atoms with Gasteiger partial charge in [0, 0.05) is 25.0 Å². The number of nitrogens with one attached hydrogen (secondary N) is 1. The van der Waals surface area contributed by atoms with Gasteiger partial charge in [-0.2, -0.15) is 0 Å². The molecule has 1 aliphatic heterocycles. The quantitative estimate of drug-likeness (QED) is 0.431. The number of hydrogen-bond acceptors (Lipinski definition) is 8. The van der Waals surface area contributed by atoms with Crippen LogP contribution in [0.1, 0.15) is 38.8 Å². The van der Waals surface area contributed by atoms with Crippen LogP contribution in [-0.4, -0.2) is 55.6 Å². The van der Waals surface area contributed by atoms with E-state index in [1.807, 2.05) is 31.2 Å². The number of aryl methyl sites for hydroxylation is 1. The molecule has 0 aliphatic carbocycles. The van der Waals surface area contributed by atoms with Crippen molar-refractivity contribution < 1.29 is 33.4 Å². The van der Waals surface area contributed by atoms with E-state index in [0.717, 1.165) is 11.1 Å². The molecule has 0 saturated heterocycles. The molecule has 184 valence electrons.